The normalized spacial score (nSPS) is 16.8. The number of hydrogen-bond donors (Lipinski definition) is 0. The van der Waals surface area contributed by atoms with Crippen LogP contribution >= 0.6 is 11.3 Å². The van der Waals surface area contributed by atoms with E-state index in [9.17, 15) is 9.18 Å². The van der Waals surface area contributed by atoms with E-state index in [2.05, 4.69) is 15.1 Å². The number of nitrogens with zero attached hydrogens (tertiary/aromatic N) is 5. The molecule has 3 aromatic rings. The van der Waals surface area contributed by atoms with Crippen LogP contribution in [0.2, 0.25) is 0 Å². The zero-order valence-corrected chi connectivity index (χ0v) is 14.8. The van der Waals surface area contributed by atoms with Crippen molar-refractivity contribution in [2.45, 2.75) is 26.1 Å². The van der Waals surface area contributed by atoms with E-state index in [1.54, 1.807) is 21.2 Å². The standard InChI is InChI=1S/C17H16FN5O2S/c1-11-21-15(10-26-11)17(24)22-7-12-4-6-20-23(12)9-13(8-22)25-16-14(18)3-2-5-19-16/h2-6,10,13H,7-9H2,1H3. The van der Waals surface area contributed by atoms with Crippen molar-refractivity contribution in [3.63, 3.8) is 0 Å². The number of thiazole rings is 1. The fourth-order valence-corrected chi connectivity index (χ4v) is 3.47. The summed E-state index contributed by atoms with van der Waals surface area (Å²) in [7, 11) is 0. The molecule has 0 bridgehead atoms. The van der Waals surface area contributed by atoms with Crippen LogP contribution in [0.1, 0.15) is 21.2 Å². The van der Waals surface area contributed by atoms with Crippen molar-refractivity contribution in [3.8, 4) is 5.88 Å². The number of hydrogen-bond acceptors (Lipinski definition) is 6. The average molecular weight is 373 g/mol. The van der Waals surface area contributed by atoms with Crippen LogP contribution in [0, 0.1) is 12.7 Å². The van der Waals surface area contributed by atoms with Gasteiger partial charge in [0.05, 0.1) is 30.3 Å². The van der Waals surface area contributed by atoms with Gasteiger partial charge >= 0.3 is 0 Å². The van der Waals surface area contributed by atoms with Crippen LogP contribution in [0.25, 0.3) is 0 Å². The first-order valence-electron chi connectivity index (χ1n) is 8.09. The van der Waals surface area contributed by atoms with Gasteiger partial charge in [-0.25, -0.2) is 14.4 Å². The summed E-state index contributed by atoms with van der Waals surface area (Å²) in [6.45, 7) is 2.93. The lowest BCUT2D eigenvalue weighted by molar-refractivity contribution is 0.0634. The molecular formula is C17H16FN5O2S. The maximum Gasteiger partial charge on any atom is 0.273 e. The number of carbonyl (C=O) groups is 1. The van der Waals surface area contributed by atoms with Crippen LogP contribution in [0.15, 0.2) is 36.0 Å². The third kappa shape index (κ3) is 3.30. The summed E-state index contributed by atoms with van der Waals surface area (Å²) in [6, 6.07) is 4.65. The first-order chi connectivity index (χ1) is 12.6. The van der Waals surface area contributed by atoms with Gasteiger partial charge < -0.3 is 9.64 Å². The summed E-state index contributed by atoms with van der Waals surface area (Å²) in [6.07, 6.45) is 2.66. The molecule has 7 nitrogen and oxygen atoms in total. The molecule has 4 rings (SSSR count). The minimum atomic E-state index is -0.537. The molecular weight excluding hydrogens is 357 g/mol. The third-order valence-corrected chi connectivity index (χ3v) is 4.86. The van der Waals surface area contributed by atoms with Crippen LogP contribution in [-0.2, 0) is 13.1 Å². The second-order valence-electron chi connectivity index (χ2n) is 5.97. The molecule has 26 heavy (non-hydrogen) atoms. The van der Waals surface area contributed by atoms with E-state index in [4.69, 9.17) is 4.74 Å². The summed E-state index contributed by atoms with van der Waals surface area (Å²) < 4.78 is 21.4. The third-order valence-electron chi connectivity index (χ3n) is 4.09. The summed E-state index contributed by atoms with van der Waals surface area (Å²) >= 11 is 1.43. The van der Waals surface area contributed by atoms with E-state index in [0.717, 1.165) is 10.7 Å². The number of aromatic nitrogens is 4. The smallest absolute Gasteiger partial charge is 0.273 e. The molecule has 1 aliphatic rings. The summed E-state index contributed by atoms with van der Waals surface area (Å²) in [5.74, 6) is -0.797. The van der Waals surface area contributed by atoms with Gasteiger partial charge in [-0.05, 0) is 25.1 Å². The molecule has 0 N–H and O–H groups in total. The number of aryl methyl sites for hydroxylation is 1. The van der Waals surface area contributed by atoms with Crippen LogP contribution < -0.4 is 4.74 Å². The van der Waals surface area contributed by atoms with Gasteiger partial charge in [-0.1, -0.05) is 0 Å². The summed E-state index contributed by atoms with van der Waals surface area (Å²) in [4.78, 5) is 22.7. The molecule has 134 valence electrons. The first-order valence-corrected chi connectivity index (χ1v) is 8.97. The molecule has 1 aliphatic heterocycles. The highest BCUT2D eigenvalue weighted by Gasteiger charge is 2.29. The number of halogens is 1. The summed E-state index contributed by atoms with van der Waals surface area (Å²) in [5, 5.41) is 6.85. The quantitative estimate of drug-likeness (QED) is 0.704. The molecule has 4 heterocycles. The Morgan fingerprint density at radius 3 is 3.00 bits per heavy atom. The van der Waals surface area contributed by atoms with Crippen LogP contribution in [-0.4, -0.2) is 43.2 Å². The van der Waals surface area contributed by atoms with Gasteiger partial charge in [-0.3, -0.25) is 9.48 Å². The Morgan fingerprint density at radius 1 is 1.35 bits per heavy atom. The molecule has 0 radical (unpaired) electrons. The number of rotatable bonds is 3. The van der Waals surface area contributed by atoms with E-state index in [-0.39, 0.29) is 18.3 Å². The molecule has 0 fully saturated rings. The van der Waals surface area contributed by atoms with Crippen molar-refractivity contribution >= 4 is 17.2 Å². The van der Waals surface area contributed by atoms with Crippen molar-refractivity contribution in [1.29, 1.82) is 0 Å². The highest BCUT2D eigenvalue weighted by Crippen LogP contribution is 2.20. The minimum Gasteiger partial charge on any atom is -0.468 e. The van der Waals surface area contributed by atoms with Gasteiger partial charge in [0.25, 0.3) is 11.8 Å². The predicted molar refractivity (Wildman–Crippen MR) is 92.4 cm³/mol. The lowest BCUT2D eigenvalue weighted by Gasteiger charge is -2.23. The lowest BCUT2D eigenvalue weighted by atomic mass is 10.3. The fraction of sp³-hybridized carbons (Fsp3) is 0.294. The number of amides is 1. The Morgan fingerprint density at radius 2 is 2.23 bits per heavy atom. The second kappa shape index (κ2) is 6.83. The maximum atomic E-state index is 13.9. The fourth-order valence-electron chi connectivity index (χ4n) is 2.88. The van der Waals surface area contributed by atoms with Crippen LogP contribution in [0.3, 0.4) is 0 Å². The molecule has 0 aromatic carbocycles. The largest absolute Gasteiger partial charge is 0.468 e. The minimum absolute atomic E-state index is 0.0787. The van der Waals surface area contributed by atoms with Crippen molar-refractivity contribution in [2.24, 2.45) is 0 Å². The van der Waals surface area contributed by atoms with Crippen molar-refractivity contribution in [3.05, 3.63) is 58.2 Å². The predicted octanol–water partition coefficient (Wildman–Crippen LogP) is 2.29. The number of ether oxygens (including phenoxy) is 1. The van der Waals surface area contributed by atoms with Gasteiger partial charge in [-0.15, -0.1) is 11.3 Å². The Kier molecular flexibility index (Phi) is 4.37. The number of fused-ring (bicyclic) bond motifs is 1. The maximum absolute atomic E-state index is 13.9. The molecule has 1 unspecified atom stereocenters. The van der Waals surface area contributed by atoms with Gasteiger partial charge in [0.2, 0.25) is 0 Å². The van der Waals surface area contributed by atoms with E-state index in [0.29, 0.717) is 18.8 Å². The monoisotopic (exact) mass is 373 g/mol. The van der Waals surface area contributed by atoms with E-state index in [1.807, 2.05) is 13.0 Å². The van der Waals surface area contributed by atoms with Crippen LogP contribution in [0.4, 0.5) is 4.39 Å². The van der Waals surface area contributed by atoms with Gasteiger partial charge in [-0.2, -0.15) is 5.10 Å². The zero-order valence-electron chi connectivity index (χ0n) is 14.0. The molecule has 0 saturated heterocycles. The molecule has 0 saturated carbocycles. The molecule has 0 aliphatic carbocycles. The van der Waals surface area contributed by atoms with Gasteiger partial charge in [0.15, 0.2) is 5.82 Å². The Labute approximate surface area is 153 Å². The molecule has 0 spiro atoms. The van der Waals surface area contributed by atoms with Crippen molar-refractivity contribution in [1.82, 2.24) is 24.6 Å². The van der Waals surface area contributed by atoms with Gasteiger partial charge in [0.1, 0.15) is 11.8 Å². The first kappa shape index (κ1) is 16.6. The van der Waals surface area contributed by atoms with Gasteiger partial charge in [0, 0.05) is 17.8 Å². The van der Waals surface area contributed by atoms with Crippen LogP contribution in [0.5, 0.6) is 5.88 Å². The lowest BCUT2D eigenvalue weighted by Crippen LogP contribution is -2.39. The number of pyridine rings is 1. The topological polar surface area (TPSA) is 73.1 Å². The summed E-state index contributed by atoms with van der Waals surface area (Å²) in [5.41, 5.74) is 1.29. The SMILES string of the molecule is Cc1nc(C(=O)N2Cc3ccnn3CC(Oc3ncccc3F)C2)cs1. The molecule has 1 atom stereocenters. The van der Waals surface area contributed by atoms with E-state index < -0.39 is 11.9 Å². The highest BCUT2D eigenvalue weighted by molar-refractivity contribution is 7.09. The van der Waals surface area contributed by atoms with E-state index in [1.165, 1.54) is 29.7 Å². The molecule has 1 amide bonds. The Balaban J connectivity index is 1.61. The Bertz CT molecular complexity index is 941. The molecule has 3 aromatic heterocycles. The van der Waals surface area contributed by atoms with Crippen molar-refractivity contribution < 1.29 is 13.9 Å². The zero-order chi connectivity index (χ0) is 18.1. The number of carbonyl (C=O) groups excluding carboxylic acids is 1. The average Bonchev–Trinajstić information content (AvgIpc) is 3.21. The Hall–Kier alpha value is -2.81. The molecule has 9 heteroatoms. The van der Waals surface area contributed by atoms with Crippen molar-refractivity contribution in [2.75, 3.05) is 6.54 Å². The van der Waals surface area contributed by atoms with E-state index >= 15 is 0 Å². The highest BCUT2D eigenvalue weighted by atomic mass is 32.1. The second-order valence-corrected chi connectivity index (χ2v) is 7.03.